The first-order chi connectivity index (χ1) is 14.6. The van der Waals surface area contributed by atoms with Crippen molar-refractivity contribution in [3.05, 3.63) is 86.5 Å². The minimum absolute atomic E-state index is 0.0746. The molecular formula is C25H24N2OS2. The van der Waals surface area contributed by atoms with Crippen molar-refractivity contribution >= 4 is 33.3 Å². The molecule has 30 heavy (non-hydrogen) atoms. The van der Waals surface area contributed by atoms with Gasteiger partial charge in [0.1, 0.15) is 4.83 Å². The molecule has 2 aromatic heterocycles. The quantitative estimate of drug-likeness (QED) is 0.286. The molecule has 1 atom stereocenters. The molecule has 0 aliphatic heterocycles. The van der Waals surface area contributed by atoms with Gasteiger partial charge in [-0.05, 0) is 60.9 Å². The number of thioether (sulfide) groups is 1. The van der Waals surface area contributed by atoms with Crippen LogP contribution in [0.3, 0.4) is 0 Å². The summed E-state index contributed by atoms with van der Waals surface area (Å²) in [7, 11) is 0. The number of benzene rings is 2. The molecule has 0 spiro atoms. The zero-order chi connectivity index (χ0) is 20.7. The number of aryl methyl sites for hydroxylation is 2. The smallest absolute Gasteiger partial charge is 0.267 e. The maximum absolute atomic E-state index is 13.8. The fraction of sp³-hybridized carbons (Fsp3) is 0.280. The zero-order valence-corrected chi connectivity index (χ0v) is 18.9. The van der Waals surface area contributed by atoms with Crippen LogP contribution in [0.2, 0.25) is 0 Å². The van der Waals surface area contributed by atoms with Gasteiger partial charge in [-0.3, -0.25) is 9.36 Å². The molecule has 5 heteroatoms. The largest absolute Gasteiger partial charge is 0.268 e. The van der Waals surface area contributed by atoms with Crippen LogP contribution in [-0.2, 0) is 18.6 Å². The number of hydrogen-bond donors (Lipinski definition) is 0. The second-order valence-corrected chi connectivity index (χ2v) is 10.1. The molecule has 0 radical (unpaired) electrons. The van der Waals surface area contributed by atoms with E-state index in [0.717, 1.165) is 46.1 Å². The Morgan fingerprint density at radius 1 is 1.13 bits per heavy atom. The highest BCUT2D eigenvalue weighted by Crippen LogP contribution is 2.37. The van der Waals surface area contributed by atoms with Gasteiger partial charge >= 0.3 is 0 Å². The third kappa shape index (κ3) is 3.50. The summed E-state index contributed by atoms with van der Waals surface area (Å²) in [4.78, 5) is 21.0. The molecule has 0 bridgehead atoms. The maximum Gasteiger partial charge on any atom is 0.267 e. The van der Waals surface area contributed by atoms with E-state index in [1.807, 2.05) is 34.9 Å². The van der Waals surface area contributed by atoms with E-state index in [-0.39, 0.29) is 5.56 Å². The minimum atomic E-state index is 0.0746. The molecule has 2 aromatic carbocycles. The third-order valence-corrected chi connectivity index (χ3v) is 8.07. The third-order valence-electron chi connectivity index (χ3n) is 5.93. The van der Waals surface area contributed by atoms with Crippen LogP contribution < -0.4 is 5.56 Å². The van der Waals surface area contributed by atoms with Gasteiger partial charge in [0.15, 0.2) is 5.16 Å². The topological polar surface area (TPSA) is 34.9 Å². The van der Waals surface area contributed by atoms with Crippen LogP contribution in [-0.4, -0.2) is 9.55 Å². The number of hydrogen-bond acceptors (Lipinski definition) is 4. The molecule has 4 aromatic rings. The molecule has 5 rings (SSSR count). The minimum Gasteiger partial charge on any atom is -0.268 e. The lowest BCUT2D eigenvalue weighted by molar-refractivity contribution is 0.509. The Labute approximate surface area is 184 Å². The Bertz CT molecular complexity index is 1270. The van der Waals surface area contributed by atoms with Gasteiger partial charge in [-0.1, -0.05) is 61.2 Å². The second kappa shape index (κ2) is 8.05. The van der Waals surface area contributed by atoms with Gasteiger partial charge in [0, 0.05) is 10.6 Å². The van der Waals surface area contributed by atoms with Gasteiger partial charge in [0.2, 0.25) is 0 Å². The number of aromatic nitrogens is 2. The van der Waals surface area contributed by atoms with Gasteiger partial charge in [-0.2, -0.15) is 0 Å². The highest BCUT2D eigenvalue weighted by molar-refractivity contribution is 7.98. The highest BCUT2D eigenvalue weighted by atomic mass is 32.2. The molecule has 152 valence electrons. The summed E-state index contributed by atoms with van der Waals surface area (Å²) in [6.07, 6.45) is 3.19. The highest BCUT2D eigenvalue weighted by Gasteiger charge is 2.25. The van der Waals surface area contributed by atoms with Crippen molar-refractivity contribution in [2.24, 2.45) is 5.92 Å². The predicted molar refractivity (Wildman–Crippen MR) is 127 cm³/mol. The van der Waals surface area contributed by atoms with E-state index >= 15 is 0 Å². The van der Waals surface area contributed by atoms with Crippen LogP contribution in [0, 0.1) is 12.8 Å². The standard InChI is InChI=1S/C25H24N2OS2/c1-16-12-13-20-21(14-16)30-23-22(20)24(28)27(19-10-4-3-5-11-19)25(26-23)29-15-18-9-7-6-8-17(18)2/h3-11,16H,12-15H2,1-2H3. The van der Waals surface area contributed by atoms with Crippen LogP contribution >= 0.6 is 23.1 Å². The van der Waals surface area contributed by atoms with Crippen LogP contribution in [0.15, 0.2) is 64.5 Å². The van der Waals surface area contributed by atoms with E-state index in [9.17, 15) is 4.79 Å². The van der Waals surface area contributed by atoms with Crippen molar-refractivity contribution in [2.75, 3.05) is 0 Å². The molecule has 0 fully saturated rings. The summed E-state index contributed by atoms with van der Waals surface area (Å²) in [6.45, 7) is 4.43. The van der Waals surface area contributed by atoms with Crippen LogP contribution in [0.5, 0.6) is 0 Å². The van der Waals surface area contributed by atoms with E-state index in [1.165, 1.54) is 21.6 Å². The van der Waals surface area contributed by atoms with Crippen molar-refractivity contribution in [3.63, 3.8) is 0 Å². The molecular weight excluding hydrogens is 408 g/mol. The molecule has 1 unspecified atom stereocenters. The average molecular weight is 433 g/mol. The van der Waals surface area contributed by atoms with Crippen LogP contribution in [0.1, 0.15) is 34.9 Å². The summed E-state index contributed by atoms with van der Waals surface area (Å²) in [6, 6.07) is 18.3. The predicted octanol–water partition coefficient (Wildman–Crippen LogP) is 6.17. The Morgan fingerprint density at radius 2 is 1.90 bits per heavy atom. The van der Waals surface area contributed by atoms with Gasteiger partial charge < -0.3 is 0 Å². The van der Waals surface area contributed by atoms with Crippen LogP contribution in [0.25, 0.3) is 15.9 Å². The SMILES string of the molecule is Cc1ccccc1CSc1nc2sc3c(c2c(=O)n1-c1ccccc1)CCC(C)C3. The summed E-state index contributed by atoms with van der Waals surface area (Å²) in [5.74, 6) is 1.47. The summed E-state index contributed by atoms with van der Waals surface area (Å²) in [5.41, 5.74) is 4.74. The van der Waals surface area contributed by atoms with Gasteiger partial charge in [-0.25, -0.2) is 4.98 Å². The second-order valence-electron chi connectivity index (χ2n) is 8.12. The van der Waals surface area contributed by atoms with Crippen molar-refractivity contribution < 1.29 is 0 Å². The lowest BCUT2D eigenvalue weighted by Crippen LogP contribution is -2.22. The lowest BCUT2D eigenvalue weighted by Gasteiger charge is -2.18. The zero-order valence-electron chi connectivity index (χ0n) is 17.2. The molecule has 1 aliphatic rings. The average Bonchev–Trinajstić information content (AvgIpc) is 3.11. The van der Waals surface area contributed by atoms with E-state index in [2.05, 4.69) is 38.1 Å². The van der Waals surface area contributed by atoms with E-state index in [0.29, 0.717) is 5.92 Å². The van der Waals surface area contributed by atoms with Gasteiger partial charge in [0.25, 0.3) is 5.56 Å². The van der Waals surface area contributed by atoms with E-state index < -0.39 is 0 Å². The molecule has 1 aliphatic carbocycles. The lowest BCUT2D eigenvalue weighted by atomic mass is 9.89. The van der Waals surface area contributed by atoms with Gasteiger partial charge in [0.05, 0.1) is 11.1 Å². The fourth-order valence-electron chi connectivity index (χ4n) is 4.19. The van der Waals surface area contributed by atoms with Gasteiger partial charge in [-0.15, -0.1) is 11.3 Å². The first-order valence-corrected chi connectivity index (χ1v) is 12.2. The Hall–Kier alpha value is -2.37. The number of thiophene rings is 1. The molecule has 3 nitrogen and oxygen atoms in total. The molecule has 0 saturated carbocycles. The number of rotatable bonds is 4. The number of para-hydroxylation sites is 1. The molecule has 0 amide bonds. The monoisotopic (exact) mass is 432 g/mol. The van der Waals surface area contributed by atoms with Crippen molar-refractivity contribution in [1.29, 1.82) is 0 Å². The summed E-state index contributed by atoms with van der Waals surface area (Å²) >= 11 is 3.37. The van der Waals surface area contributed by atoms with Crippen molar-refractivity contribution in [1.82, 2.24) is 9.55 Å². The molecule has 0 N–H and O–H groups in total. The Kier molecular flexibility index (Phi) is 5.25. The van der Waals surface area contributed by atoms with Crippen molar-refractivity contribution in [3.8, 4) is 5.69 Å². The summed E-state index contributed by atoms with van der Waals surface area (Å²) < 4.78 is 1.82. The van der Waals surface area contributed by atoms with Crippen LogP contribution in [0.4, 0.5) is 0 Å². The number of nitrogens with zero attached hydrogens (tertiary/aromatic N) is 2. The van der Waals surface area contributed by atoms with E-state index in [4.69, 9.17) is 4.98 Å². The first kappa shape index (κ1) is 19.6. The normalized spacial score (nSPS) is 16.0. The fourth-order valence-corrected chi connectivity index (χ4v) is 6.70. The Morgan fingerprint density at radius 3 is 2.70 bits per heavy atom. The van der Waals surface area contributed by atoms with Crippen molar-refractivity contribution in [2.45, 2.75) is 44.0 Å². The summed E-state index contributed by atoms with van der Waals surface area (Å²) in [5, 5.41) is 1.61. The number of fused-ring (bicyclic) bond motifs is 3. The molecule has 0 saturated heterocycles. The van der Waals surface area contributed by atoms with E-state index in [1.54, 1.807) is 23.1 Å². The maximum atomic E-state index is 13.8. The molecule has 2 heterocycles. The Balaban J connectivity index is 1.67. The first-order valence-electron chi connectivity index (χ1n) is 10.4.